The Hall–Kier alpha value is -1.76. The van der Waals surface area contributed by atoms with E-state index in [9.17, 15) is 14.9 Å². The first-order valence-corrected chi connectivity index (χ1v) is 8.18. The van der Waals surface area contributed by atoms with Crippen molar-refractivity contribution < 1.29 is 9.72 Å². The Morgan fingerprint density at radius 3 is 2.95 bits per heavy atom. The largest absolute Gasteiger partial charge is 0.380 e. The molecule has 1 aromatic carbocycles. The van der Waals surface area contributed by atoms with Gasteiger partial charge in [0.2, 0.25) is 0 Å². The summed E-state index contributed by atoms with van der Waals surface area (Å²) in [5.74, 6) is 1.86. The Bertz CT molecular complexity index is 528. The van der Waals surface area contributed by atoms with Crippen LogP contribution in [0.25, 0.3) is 0 Å². The van der Waals surface area contributed by atoms with Crippen LogP contribution in [0.4, 0.5) is 11.4 Å². The molecule has 6 nitrogen and oxygen atoms in total. The number of benzene rings is 1. The summed E-state index contributed by atoms with van der Waals surface area (Å²) in [6, 6.07) is 4.64. The minimum absolute atomic E-state index is 0.0492. The van der Waals surface area contributed by atoms with E-state index in [4.69, 9.17) is 0 Å². The van der Waals surface area contributed by atoms with Gasteiger partial charge in [-0.15, -0.1) is 0 Å². The summed E-state index contributed by atoms with van der Waals surface area (Å²) in [5.41, 5.74) is 0.785. The summed E-state index contributed by atoms with van der Waals surface area (Å²) >= 11 is 1.84. The zero-order valence-electron chi connectivity index (χ0n) is 12.0. The smallest absolute Gasteiger partial charge is 0.293 e. The molecule has 1 aromatic rings. The van der Waals surface area contributed by atoms with E-state index in [0.29, 0.717) is 30.9 Å². The van der Waals surface area contributed by atoms with Gasteiger partial charge in [-0.25, -0.2) is 0 Å². The molecule has 0 bridgehead atoms. The third-order valence-electron chi connectivity index (χ3n) is 3.32. The zero-order chi connectivity index (χ0) is 15.2. The lowest BCUT2D eigenvalue weighted by Crippen LogP contribution is -2.32. The molecule has 1 saturated heterocycles. The molecular weight excluding hydrogens is 290 g/mol. The first-order chi connectivity index (χ1) is 10.1. The predicted molar refractivity (Wildman–Crippen MR) is 85.1 cm³/mol. The first kappa shape index (κ1) is 15.6. The minimum atomic E-state index is -0.451. The number of hydrogen-bond acceptors (Lipinski definition) is 5. The van der Waals surface area contributed by atoms with Crippen LogP contribution in [0, 0.1) is 10.1 Å². The fourth-order valence-electron chi connectivity index (χ4n) is 2.29. The van der Waals surface area contributed by atoms with Gasteiger partial charge in [0.15, 0.2) is 0 Å². The second-order valence-electron chi connectivity index (χ2n) is 4.78. The monoisotopic (exact) mass is 309 g/mol. The van der Waals surface area contributed by atoms with E-state index in [1.165, 1.54) is 6.07 Å². The second-order valence-corrected chi connectivity index (χ2v) is 6.00. The van der Waals surface area contributed by atoms with Gasteiger partial charge >= 0.3 is 0 Å². The Kier molecular flexibility index (Phi) is 5.44. The molecule has 0 spiro atoms. The Labute approximate surface area is 128 Å². The third-order valence-corrected chi connectivity index (χ3v) is 4.37. The van der Waals surface area contributed by atoms with Crippen molar-refractivity contribution in [3.05, 3.63) is 33.9 Å². The van der Waals surface area contributed by atoms with Gasteiger partial charge in [-0.3, -0.25) is 14.9 Å². The van der Waals surface area contributed by atoms with Gasteiger partial charge in [0, 0.05) is 37.0 Å². The fraction of sp³-hybridized carbons (Fsp3) is 0.500. The third kappa shape index (κ3) is 3.87. The molecule has 114 valence electrons. The van der Waals surface area contributed by atoms with Gasteiger partial charge in [0.25, 0.3) is 11.6 Å². The maximum Gasteiger partial charge on any atom is 0.293 e. The van der Waals surface area contributed by atoms with E-state index < -0.39 is 4.92 Å². The summed E-state index contributed by atoms with van der Waals surface area (Å²) in [6.45, 7) is 3.88. The van der Waals surface area contributed by atoms with Crippen LogP contribution in [0.5, 0.6) is 0 Å². The SMILES string of the molecule is CCNc1ccc(C(=O)N2CCCSCC2)cc1[N+](=O)[O-]. The number of nitro groups is 1. The topological polar surface area (TPSA) is 75.5 Å². The number of carbonyl (C=O) groups excluding carboxylic acids is 1. The van der Waals surface area contributed by atoms with Crippen LogP contribution in [-0.2, 0) is 0 Å². The molecular formula is C14H19N3O3S. The molecule has 1 aliphatic heterocycles. The fourth-order valence-corrected chi connectivity index (χ4v) is 3.17. The van der Waals surface area contributed by atoms with Crippen LogP contribution in [0.15, 0.2) is 18.2 Å². The molecule has 0 unspecified atom stereocenters. The lowest BCUT2D eigenvalue weighted by atomic mass is 10.1. The lowest BCUT2D eigenvalue weighted by Gasteiger charge is -2.20. The quantitative estimate of drug-likeness (QED) is 0.683. The summed E-state index contributed by atoms with van der Waals surface area (Å²) in [5, 5.41) is 14.1. The van der Waals surface area contributed by atoms with Crippen molar-refractivity contribution in [3.8, 4) is 0 Å². The number of nitrogens with one attached hydrogen (secondary N) is 1. The second kappa shape index (κ2) is 7.31. The maximum atomic E-state index is 12.5. The van der Waals surface area contributed by atoms with E-state index in [2.05, 4.69) is 5.32 Å². The number of nitrogens with zero attached hydrogens (tertiary/aromatic N) is 2. The molecule has 1 fully saturated rings. The van der Waals surface area contributed by atoms with Crippen LogP contribution >= 0.6 is 11.8 Å². The van der Waals surface area contributed by atoms with Gasteiger partial charge in [-0.05, 0) is 31.2 Å². The number of nitro benzene ring substituents is 1. The van der Waals surface area contributed by atoms with Crippen molar-refractivity contribution in [3.63, 3.8) is 0 Å². The van der Waals surface area contributed by atoms with Gasteiger partial charge in [-0.2, -0.15) is 11.8 Å². The Balaban J connectivity index is 2.24. The number of anilines is 1. The van der Waals surface area contributed by atoms with E-state index in [1.807, 2.05) is 18.7 Å². The summed E-state index contributed by atoms with van der Waals surface area (Å²) in [7, 11) is 0. The normalized spacial score (nSPS) is 15.4. The number of amides is 1. The molecule has 0 atom stereocenters. The first-order valence-electron chi connectivity index (χ1n) is 7.02. The number of thioether (sulfide) groups is 1. The number of rotatable bonds is 4. The molecule has 0 saturated carbocycles. The molecule has 2 rings (SSSR count). The maximum absolute atomic E-state index is 12.5. The van der Waals surface area contributed by atoms with Crippen molar-refractivity contribution in [2.24, 2.45) is 0 Å². The zero-order valence-corrected chi connectivity index (χ0v) is 12.8. The molecule has 1 heterocycles. The van der Waals surface area contributed by atoms with E-state index in [0.717, 1.165) is 17.9 Å². The van der Waals surface area contributed by atoms with Crippen LogP contribution in [0.1, 0.15) is 23.7 Å². The van der Waals surface area contributed by atoms with Crippen LogP contribution in [0.3, 0.4) is 0 Å². The van der Waals surface area contributed by atoms with Crippen molar-refractivity contribution in [2.45, 2.75) is 13.3 Å². The van der Waals surface area contributed by atoms with Gasteiger partial charge < -0.3 is 10.2 Å². The lowest BCUT2D eigenvalue weighted by molar-refractivity contribution is -0.384. The van der Waals surface area contributed by atoms with Crippen molar-refractivity contribution in [1.29, 1.82) is 0 Å². The molecule has 1 N–H and O–H groups in total. The number of hydrogen-bond donors (Lipinski definition) is 1. The van der Waals surface area contributed by atoms with Crippen molar-refractivity contribution in [2.75, 3.05) is 36.5 Å². The molecule has 7 heteroatoms. The van der Waals surface area contributed by atoms with Crippen LogP contribution in [-0.4, -0.2) is 46.9 Å². The summed E-state index contributed by atoms with van der Waals surface area (Å²) in [6.07, 6.45) is 0.966. The van der Waals surface area contributed by atoms with Crippen molar-refractivity contribution >= 4 is 29.0 Å². The molecule has 0 radical (unpaired) electrons. The van der Waals surface area contributed by atoms with Crippen LogP contribution < -0.4 is 5.32 Å². The Morgan fingerprint density at radius 1 is 1.43 bits per heavy atom. The highest BCUT2D eigenvalue weighted by atomic mass is 32.2. The summed E-state index contributed by atoms with van der Waals surface area (Å²) < 4.78 is 0. The van der Waals surface area contributed by atoms with Gasteiger partial charge in [0.05, 0.1) is 4.92 Å². The highest BCUT2D eigenvalue weighted by molar-refractivity contribution is 7.99. The molecule has 1 amide bonds. The highest BCUT2D eigenvalue weighted by Crippen LogP contribution is 2.26. The molecule has 0 aromatic heterocycles. The van der Waals surface area contributed by atoms with E-state index in [-0.39, 0.29) is 11.6 Å². The van der Waals surface area contributed by atoms with Crippen molar-refractivity contribution in [1.82, 2.24) is 4.90 Å². The van der Waals surface area contributed by atoms with E-state index >= 15 is 0 Å². The molecule has 21 heavy (non-hydrogen) atoms. The standard InChI is InChI=1S/C14H19N3O3S/c1-2-15-12-5-4-11(10-13(12)17(19)20)14(18)16-6-3-8-21-9-7-16/h4-5,10,15H,2-3,6-9H2,1H3. The Morgan fingerprint density at radius 2 is 2.24 bits per heavy atom. The van der Waals surface area contributed by atoms with Gasteiger partial charge in [-0.1, -0.05) is 0 Å². The highest BCUT2D eigenvalue weighted by Gasteiger charge is 2.21. The average molecular weight is 309 g/mol. The predicted octanol–water partition coefficient (Wildman–Crippen LogP) is 2.61. The van der Waals surface area contributed by atoms with Crippen LogP contribution in [0.2, 0.25) is 0 Å². The minimum Gasteiger partial charge on any atom is -0.380 e. The summed E-state index contributed by atoms with van der Waals surface area (Å²) in [4.78, 5) is 24.9. The van der Waals surface area contributed by atoms with E-state index in [1.54, 1.807) is 17.0 Å². The molecule has 0 aliphatic carbocycles. The number of carbonyl (C=O) groups is 1. The molecule has 1 aliphatic rings. The average Bonchev–Trinajstić information content (AvgIpc) is 2.76. The van der Waals surface area contributed by atoms with Gasteiger partial charge in [0.1, 0.15) is 5.69 Å².